The topological polar surface area (TPSA) is 128 Å². The molecule has 1 unspecified atom stereocenters. The molecule has 0 bridgehead atoms. The van der Waals surface area contributed by atoms with E-state index in [-0.39, 0.29) is 34.4 Å². The molecule has 2 saturated heterocycles. The van der Waals surface area contributed by atoms with Crippen molar-refractivity contribution in [2.75, 3.05) is 32.0 Å². The van der Waals surface area contributed by atoms with E-state index in [0.717, 1.165) is 12.8 Å². The summed E-state index contributed by atoms with van der Waals surface area (Å²) in [4.78, 5) is 33.7. The first-order chi connectivity index (χ1) is 20.9. The van der Waals surface area contributed by atoms with Crippen LogP contribution in [0.25, 0.3) is 16.7 Å². The van der Waals surface area contributed by atoms with Crippen molar-refractivity contribution in [1.29, 1.82) is 5.26 Å². The molecule has 1 atom stereocenters. The van der Waals surface area contributed by atoms with Gasteiger partial charge in [0.15, 0.2) is 0 Å². The molecule has 0 spiro atoms. The van der Waals surface area contributed by atoms with Gasteiger partial charge in [0.1, 0.15) is 34.5 Å². The Hall–Kier alpha value is -4.88. The van der Waals surface area contributed by atoms with E-state index in [0.29, 0.717) is 67.4 Å². The first kappa shape index (κ1) is 28.2. The van der Waals surface area contributed by atoms with Gasteiger partial charge in [-0.1, -0.05) is 31.2 Å². The number of para-hydroxylation sites is 1. The first-order valence-electron chi connectivity index (χ1n) is 14.6. The Labute approximate surface area is 249 Å². The molecule has 0 radical (unpaired) electrons. The fourth-order valence-corrected chi connectivity index (χ4v) is 6.06. The summed E-state index contributed by atoms with van der Waals surface area (Å²) >= 11 is 0. The molecule has 2 aliphatic rings. The lowest BCUT2D eigenvalue weighted by Crippen LogP contribution is -2.43. The van der Waals surface area contributed by atoms with Crippen LogP contribution in [-0.2, 0) is 9.53 Å². The van der Waals surface area contributed by atoms with E-state index in [2.05, 4.69) is 18.0 Å². The number of benzene rings is 2. The summed E-state index contributed by atoms with van der Waals surface area (Å²) in [5.74, 6) is 1.29. The number of nitriles is 1. The highest BCUT2D eigenvalue weighted by atomic mass is 16.5. The SMILES string of the molecule is CC1(C=C(C#N)C(=O)N2CCCC(n3c(=O)n(-c4ccc(Oc5ccccc5)cc4)c4c(N)nccc43)C2)CCOCC1. The molecule has 43 heavy (non-hydrogen) atoms. The number of hydrogen-bond donors (Lipinski definition) is 1. The molecule has 2 aliphatic heterocycles. The van der Waals surface area contributed by atoms with E-state index in [1.165, 1.54) is 0 Å². The van der Waals surface area contributed by atoms with Crippen LogP contribution in [0.3, 0.4) is 0 Å². The number of aromatic nitrogens is 3. The first-order valence-corrected chi connectivity index (χ1v) is 14.6. The number of nitrogens with two attached hydrogens (primary N) is 1. The highest BCUT2D eigenvalue weighted by molar-refractivity contribution is 5.97. The smallest absolute Gasteiger partial charge is 0.334 e. The number of rotatable bonds is 6. The van der Waals surface area contributed by atoms with Crippen LogP contribution in [0, 0.1) is 16.7 Å². The van der Waals surface area contributed by atoms with Crippen molar-refractivity contribution < 1.29 is 14.3 Å². The number of fused-ring (bicyclic) bond motifs is 1. The summed E-state index contributed by atoms with van der Waals surface area (Å²) in [6, 6.07) is 20.3. The molecule has 0 saturated carbocycles. The number of pyridine rings is 1. The Bertz CT molecular complexity index is 1760. The zero-order valence-electron chi connectivity index (χ0n) is 24.1. The average molecular weight is 579 g/mol. The van der Waals surface area contributed by atoms with Crippen LogP contribution in [0.15, 0.2) is 83.3 Å². The van der Waals surface area contributed by atoms with Crippen LogP contribution in [0.5, 0.6) is 11.5 Å². The van der Waals surface area contributed by atoms with Crippen LogP contribution < -0.4 is 16.2 Å². The number of amides is 1. The number of anilines is 1. The molecule has 4 aromatic rings. The fourth-order valence-electron chi connectivity index (χ4n) is 6.06. The van der Waals surface area contributed by atoms with E-state index in [9.17, 15) is 14.9 Å². The predicted molar refractivity (Wildman–Crippen MR) is 163 cm³/mol. The standard InChI is InChI=1S/C33H34N6O4/c1-33(14-18-42-19-15-33)20-23(21-34)31(40)37-17-5-6-25(22-37)38-28-13-16-36-30(35)29(28)39(32(38)41)24-9-11-27(12-10-24)43-26-7-3-2-4-8-26/h2-4,7-13,16,20,25H,5-6,14-15,17-19,22H2,1H3,(H2,35,36). The summed E-state index contributed by atoms with van der Waals surface area (Å²) in [5, 5.41) is 9.92. The lowest BCUT2D eigenvalue weighted by Gasteiger charge is -2.34. The summed E-state index contributed by atoms with van der Waals surface area (Å²) in [6.07, 6.45) is 6.33. The van der Waals surface area contributed by atoms with Crippen molar-refractivity contribution in [3.8, 4) is 23.3 Å². The van der Waals surface area contributed by atoms with Gasteiger partial charge in [-0.25, -0.2) is 9.78 Å². The lowest BCUT2D eigenvalue weighted by molar-refractivity contribution is -0.128. The van der Waals surface area contributed by atoms with Gasteiger partial charge in [0.2, 0.25) is 0 Å². The number of piperidine rings is 1. The monoisotopic (exact) mass is 578 g/mol. The normalized spacial score (nSPS) is 18.7. The number of likely N-dealkylation sites (tertiary alicyclic amines) is 1. The number of hydrogen-bond acceptors (Lipinski definition) is 7. The highest BCUT2D eigenvalue weighted by Gasteiger charge is 2.32. The van der Waals surface area contributed by atoms with Crippen LogP contribution >= 0.6 is 0 Å². The summed E-state index contributed by atoms with van der Waals surface area (Å²) in [7, 11) is 0. The second kappa shape index (κ2) is 11.8. The van der Waals surface area contributed by atoms with E-state index < -0.39 is 0 Å². The zero-order chi connectivity index (χ0) is 30.0. The maximum Gasteiger partial charge on any atom is 0.334 e. The number of nitrogen functional groups attached to an aromatic ring is 1. The van der Waals surface area contributed by atoms with Gasteiger partial charge in [-0.2, -0.15) is 5.26 Å². The van der Waals surface area contributed by atoms with Crippen molar-refractivity contribution in [3.63, 3.8) is 0 Å². The van der Waals surface area contributed by atoms with Gasteiger partial charge in [-0.05, 0) is 73.6 Å². The van der Waals surface area contributed by atoms with Gasteiger partial charge in [-0.15, -0.1) is 0 Å². The van der Waals surface area contributed by atoms with Gasteiger partial charge >= 0.3 is 5.69 Å². The van der Waals surface area contributed by atoms with Crippen molar-refractivity contribution in [2.24, 2.45) is 5.41 Å². The molecule has 1 amide bonds. The zero-order valence-corrected chi connectivity index (χ0v) is 24.1. The molecule has 220 valence electrons. The summed E-state index contributed by atoms with van der Waals surface area (Å²) < 4.78 is 14.7. The lowest BCUT2D eigenvalue weighted by atomic mass is 9.80. The maximum atomic E-state index is 14.1. The van der Waals surface area contributed by atoms with Gasteiger partial charge in [-0.3, -0.25) is 13.9 Å². The van der Waals surface area contributed by atoms with E-state index in [1.54, 1.807) is 38.4 Å². The molecular weight excluding hydrogens is 544 g/mol. The minimum atomic E-state index is -0.299. The Kier molecular flexibility index (Phi) is 7.74. The van der Waals surface area contributed by atoms with Crippen molar-refractivity contribution in [3.05, 3.63) is 89.0 Å². The van der Waals surface area contributed by atoms with E-state index >= 15 is 0 Å². The second-order valence-corrected chi connectivity index (χ2v) is 11.4. The number of nitrogens with zero attached hydrogens (tertiary/aromatic N) is 5. The Morgan fingerprint density at radius 1 is 1.12 bits per heavy atom. The molecule has 10 nitrogen and oxygen atoms in total. The average Bonchev–Trinajstić information content (AvgIpc) is 3.33. The van der Waals surface area contributed by atoms with E-state index in [1.807, 2.05) is 48.5 Å². The Balaban J connectivity index is 1.31. The Morgan fingerprint density at radius 2 is 1.84 bits per heavy atom. The quantitative estimate of drug-likeness (QED) is 0.252. The maximum absolute atomic E-state index is 14.1. The minimum absolute atomic E-state index is 0.145. The highest BCUT2D eigenvalue weighted by Crippen LogP contribution is 2.34. The molecule has 10 heteroatoms. The third-order valence-electron chi connectivity index (χ3n) is 8.41. The van der Waals surface area contributed by atoms with Crippen molar-refractivity contribution in [2.45, 2.75) is 38.6 Å². The van der Waals surface area contributed by atoms with E-state index in [4.69, 9.17) is 15.2 Å². The molecule has 2 fully saturated rings. The van der Waals surface area contributed by atoms with Crippen LogP contribution in [0.4, 0.5) is 5.82 Å². The number of imidazole rings is 1. The summed E-state index contributed by atoms with van der Waals surface area (Å²) in [6.45, 7) is 4.11. The second-order valence-electron chi connectivity index (χ2n) is 11.4. The molecule has 2 aromatic heterocycles. The number of ether oxygens (including phenoxy) is 2. The minimum Gasteiger partial charge on any atom is -0.457 e. The largest absolute Gasteiger partial charge is 0.457 e. The summed E-state index contributed by atoms with van der Waals surface area (Å²) in [5.41, 5.74) is 7.74. The van der Waals surface area contributed by atoms with Crippen molar-refractivity contribution in [1.82, 2.24) is 19.0 Å². The van der Waals surface area contributed by atoms with Crippen LogP contribution in [-0.4, -0.2) is 51.2 Å². The van der Waals surface area contributed by atoms with Gasteiger partial charge in [0.05, 0.1) is 17.2 Å². The van der Waals surface area contributed by atoms with Crippen LogP contribution in [0.1, 0.15) is 38.6 Å². The number of carbonyl (C=O) groups is 1. The molecular formula is C33H34N6O4. The van der Waals surface area contributed by atoms with Gasteiger partial charge in [0, 0.05) is 32.5 Å². The number of carbonyl (C=O) groups excluding carboxylic acids is 1. The van der Waals surface area contributed by atoms with Gasteiger partial charge in [0.25, 0.3) is 5.91 Å². The predicted octanol–water partition coefficient (Wildman–Crippen LogP) is 4.99. The molecule has 2 aromatic carbocycles. The van der Waals surface area contributed by atoms with Crippen molar-refractivity contribution >= 4 is 22.8 Å². The third-order valence-corrected chi connectivity index (χ3v) is 8.41. The molecule has 4 heterocycles. The number of allylic oxidation sites excluding steroid dienone is 1. The molecule has 2 N–H and O–H groups in total. The Morgan fingerprint density at radius 3 is 2.56 bits per heavy atom. The third kappa shape index (κ3) is 5.64. The molecule has 6 rings (SSSR count). The van der Waals surface area contributed by atoms with Crippen LogP contribution in [0.2, 0.25) is 0 Å². The fraction of sp³-hybridized carbons (Fsp3) is 0.333. The molecule has 0 aliphatic carbocycles. The van der Waals surface area contributed by atoms with Gasteiger partial charge < -0.3 is 20.1 Å².